The van der Waals surface area contributed by atoms with Crippen molar-refractivity contribution < 1.29 is 4.42 Å². The van der Waals surface area contributed by atoms with Gasteiger partial charge in [0.25, 0.3) is 0 Å². The second-order valence-corrected chi connectivity index (χ2v) is 4.50. The Morgan fingerprint density at radius 2 is 2.25 bits per heavy atom. The number of nitrogens with zero attached hydrogens (tertiary/aromatic N) is 3. The van der Waals surface area contributed by atoms with Crippen LogP contribution in [-0.4, -0.2) is 30.3 Å². The molecule has 0 aliphatic heterocycles. The molecule has 0 saturated heterocycles. The summed E-state index contributed by atoms with van der Waals surface area (Å²) in [6.45, 7) is 1.84. The maximum absolute atomic E-state index is 5.40. The van der Waals surface area contributed by atoms with Crippen molar-refractivity contribution in [2.45, 2.75) is 11.8 Å². The summed E-state index contributed by atoms with van der Waals surface area (Å²) in [6, 6.07) is 5.87. The van der Waals surface area contributed by atoms with E-state index in [1.54, 1.807) is 6.34 Å². The Morgan fingerprint density at radius 3 is 3.00 bits per heavy atom. The van der Waals surface area contributed by atoms with Gasteiger partial charge in [0.2, 0.25) is 0 Å². The summed E-state index contributed by atoms with van der Waals surface area (Å²) < 4.78 is 9.61. The third-order valence-corrected chi connectivity index (χ3v) is 2.57. The zero-order chi connectivity index (χ0) is 11.5. The number of hydrogen-bond acceptors (Lipinski definition) is 4. The van der Waals surface area contributed by atoms with Gasteiger partial charge in [-0.05, 0) is 18.2 Å². The first kappa shape index (κ1) is 11.0. The standard InChI is InChI=1S/C11H13N3OS/c1-8-13-10-6-9(4-5-11(10)15-8)16-12-7-14(2)3/h4-7H,1-3H3. The first-order chi connectivity index (χ1) is 7.65. The van der Waals surface area contributed by atoms with Crippen molar-refractivity contribution in [3.05, 3.63) is 24.1 Å². The maximum atomic E-state index is 5.40. The van der Waals surface area contributed by atoms with E-state index in [4.69, 9.17) is 4.42 Å². The molecular formula is C11H13N3OS. The zero-order valence-corrected chi connectivity index (χ0v) is 10.3. The Labute approximate surface area is 98.5 Å². The van der Waals surface area contributed by atoms with Crippen molar-refractivity contribution in [3.8, 4) is 0 Å². The molecule has 0 fully saturated rings. The highest BCUT2D eigenvalue weighted by Gasteiger charge is 2.02. The van der Waals surface area contributed by atoms with Gasteiger partial charge in [-0.25, -0.2) is 9.38 Å². The molecule has 5 heteroatoms. The lowest BCUT2D eigenvalue weighted by Crippen LogP contribution is -2.06. The van der Waals surface area contributed by atoms with Gasteiger partial charge in [-0.1, -0.05) is 0 Å². The summed E-state index contributed by atoms with van der Waals surface area (Å²) in [5, 5.41) is 0. The van der Waals surface area contributed by atoms with E-state index >= 15 is 0 Å². The predicted molar refractivity (Wildman–Crippen MR) is 66.8 cm³/mol. The van der Waals surface area contributed by atoms with Crippen LogP contribution in [-0.2, 0) is 0 Å². The fraction of sp³-hybridized carbons (Fsp3) is 0.273. The summed E-state index contributed by atoms with van der Waals surface area (Å²) in [5.74, 6) is 0.689. The molecule has 1 aromatic carbocycles. The molecule has 4 nitrogen and oxygen atoms in total. The minimum absolute atomic E-state index is 0.689. The van der Waals surface area contributed by atoms with Gasteiger partial charge in [0.05, 0.1) is 6.34 Å². The fourth-order valence-corrected chi connectivity index (χ4v) is 1.91. The molecule has 0 aliphatic rings. The SMILES string of the molecule is Cc1nc2cc(SN=CN(C)C)ccc2o1. The van der Waals surface area contributed by atoms with Crippen LogP contribution in [0.2, 0.25) is 0 Å². The largest absolute Gasteiger partial charge is 0.441 e. The van der Waals surface area contributed by atoms with Crippen LogP contribution >= 0.6 is 11.9 Å². The molecule has 0 spiro atoms. The van der Waals surface area contributed by atoms with Gasteiger partial charge < -0.3 is 9.32 Å². The smallest absolute Gasteiger partial charge is 0.192 e. The second-order valence-electron chi connectivity index (χ2n) is 3.64. The molecule has 0 radical (unpaired) electrons. The van der Waals surface area contributed by atoms with Gasteiger partial charge in [-0.15, -0.1) is 0 Å². The summed E-state index contributed by atoms with van der Waals surface area (Å²) >= 11 is 1.42. The van der Waals surface area contributed by atoms with Gasteiger partial charge in [0, 0.05) is 37.9 Å². The van der Waals surface area contributed by atoms with E-state index in [0.717, 1.165) is 16.0 Å². The van der Waals surface area contributed by atoms with Crippen LogP contribution in [0.1, 0.15) is 5.89 Å². The quantitative estimate of drug-likeness (QED) is 0.466. The number of aryl methyl sites for hydroxylation is 1. The van der Waals surface area contributed by atoms with Crippen molar-refractivity contribution in [2.24, 2.45) is 4.40 Å². The van der Waals surface area contributed by atoms with Crippen LogP contribution in [0.3, 0.4) is 0 Å². The van der Waals surface area contributed by atoms with E-state index in [2.05, 4.69) is 9.38 Å². The normalized spacial score (nSPS) is 11.4. The van der Waals surface area contributed by atoms with Crippen LogP contribution in [0, 0.1) is 6.92 Å². The Balaban J connectivity index is 2.19. The number of rotatable bonds is 3. The van der Waals surface area contributed by atoms with Crippen LogP contribution in [0.4, 0.5) is 0 Å². The van der Waals surface area contributed by atoms with Crippen molar-refractivity contribution >= 4 is 29.4 Å². The molecule has 0 N–H and O–H groups in total. The Morgan fingerprint density at radius 1 is 1.44 bits per heavy atom. The molecule has 1 aromatic heterocycles. The molecule has 0 amide bonds. The minimum Gasteiger partial charge on any atom is -0.441 e. The minimum atomic E-state index is 0.689. The van der Waals surface area contributed by atoms with Crippen molar-refractivity contribution in [1.82, 2.24) is 9.88 Å². The van der Waals surface area contributed by atoms with Crippen molar-refractivity contribution in [3.63, 3.8) is 0 Å². The topological polar surface area (TPSA) is 41.6 Å². The number of hydrogen-bond donors (Lipinski definition) is 0. The molecule has 0 aliphatic carbocycles. The van der Waals surface area contributed by atoms with Crippen molar-refractivity contribution in [1.29, 1.82) is 0 Å². The first-order valence-electron chi connectivity index (χ1n) is 4.89. The highest BCUT2D eigenvalue weighted by molar-refractivity contribution is 7.98. The third-order valence-electron chi connectivity index (χ3n) is 1.90. The predicted octanol–water partition coefficient (Wildman–Crippen LogP) is 2.73. The molecule has 0 unspecified atom stereocenters. The van der Waals surface area contributed by atoms with Gasteiger partial charge in [0.15, 0.2) is 11.5 Å². The molecule has 2 rings (SSSR count). The number of aromatic nitrogens is 1. The number of fused-ring (bicyclic) bond motifs is 1. The second kappa shape index (κ2) is 4.57. The van der Waals surface area contributed by atoms with E-state index in [1.807, 2.05) is 44.1 Å². The average Bonchev–Trinajstić information content (AvgIpc) is 2.56. The lowest BCUT2D eigenvalue weighted by atomic mass is 10.3. The van der Waals surface area contributed by atoms with Gasteiger partial charge in [-0.2, -0.15) is 0 Å². The lowest BCUT2D eigenvalue weighted by molar-refractivity contribution is 0.561. The van der Waals surface area contributed by atoms with Crippen molar-refractivity contribution in [2.75, 3.05) is 14.1 Å². The average molecular weight is 235 g/mol. The Bertz CT molecular complexity index is 519. The molecule has 16 heavy (non-hydrogen) atoms. The molecule has 84 valence electrons. The van der Waals surface area contributed by atoms with Gasteiger partial charge in [0.1, 0.15) is 5.52 Å². The molecule has 2 aromatic rings. The summed E-state index contributed by atoms with van der Waals surface area (Å²) in [7, 11) is 3.88. The van der Waals surface area contributed by atoms with Gasteiger partial charge in [-0.3, -0.25) is 0 Å². The zero-order valence-electron chi connectivity index (χ0n) is 9.47. The third kappa shape index (κ3) is 2.55. The molecule has 1 heterocycles. The highest BCUT2D eigenvalue weighted by Crippen LogP contribution is 2.24. The fourth-order valence-electron chi connectivity index (χ4n) is 1.26. The van der Waals surface area contributed by atoms with Gasteiger partial charge >= 0.3 is 0 Å². The highest BCUT2D eigenvalue weighted by atomic mass is 32.2. The number of benzene rings is 1. The van der Waals surface area contributed by atoms with E-state index in [0.29, 0.717) is 5.89 Å². The first-order valence-corrected chi connectivity index (χ1v) is 5.66. The van der Waals surface area contributed by atoms with E-state index < -0.39 is 0 Å². The van der Waals surface area contributed by atoms with Crippen LogP contribution in [0.15, 0.2) is 31.9 Å². The molecule has 0 atom stereocenters. The molecule has 0 bridgehead atoms. The number of oxazole rings is 1. The van der Waals surface area contributed by atoms with E-state index in [1.165, 1.54) is 11.9 Å². The Hall–Kier alpha value is -1.49. The van der Waals surface area contributed by atoms with E-state index in [9.17, 15) is 0 Å². The van der Waals surface area contributed by atoms with E-state index in [-0.39, 0.29) is 0 Å². The maximum Gasteiger partial charge on any atom is 0.192 e. The van der Waals surface area contributed by atoms with Crippen LogP contribution < -0.4 is 0 Å². The molecular weight excluding hydrogens is 222 g/mol. The summed E-state index contributed by atoms with van der Waals surface area (Å²) in [4.78, 5) is 7.22. The Kier molecular flexibility index (Phi) is 3.14. The van der Waals surface area contributed by atoms with Crippen LogP contribution in [0.5, 0.6) is 0 Å². The lowest BCUT2D eigenvalue weighted by Gasteiger charge is -2.01. The monoisotopic (exact) mass is 235 g/mol. The summed E-state index contributed by atoms with van der Waals surface area (Å²) in [6.07, 6.45) is 1.77. The summed E-state index contributed by atoms with van der Waals surface area (Å²) in [5.41, 5.74) is 1.70. The molecule has 0 saturated carbocycles. The van der Waals surface area contributed by atoms with Crippen LogP contribution in [0.25, 0.3) is 11.1 Å².